The van der Waals surface area contributed by atoms with E-state index in [-0.39, 0.29) is 23.2 Å². The highest BCUT2D eigenvalue weighted by Crippen LogP contribution is 2.17. The van der Waals surface area contributed by atoms with Crippen LogP contribution in [0.25, 0.3) is 0 Å². The lowest BCUT2D eigenvalue weighted by Gasteiger charge is -2.04. The average molecular weight is 209 g/mol. The first kappa shape index (κ1) is 10.7. The normalized spacial score (nSPS) is 9.33. The van der Waals surface area contributed by atoms with Crippen molar-refractivity contribution in [1.82, 2.24) is 0 Å². The summed E-state index contributed by atoms with van der Waals surface area (Å²) in [5.74, 6) is -2.43. The monoisotopic (exact) mass is 209 g/mol. The van der Waals surface area contributed by atoms with Crippen LogP contribution in [0.1, 0.15) is 20.7 Å². The number of anilines is 1. The van der Waals surface area contributed by atoms with Gasteiger partial charge >= 0.3 is 11.9 Å². The molecule has 0 atom stereocenters. The van der Waals surface area contributed by atoms with Crippen LogP contribution < -0.4 is 5.32 Å². The Morgan fingerprint density at radius 2 is 1.87 bits per heavy atom. The molecule has 0 saturated carbocycles. The van der Waals surface area contributed by atoms with Crippen molar-refractivity contribution in [3.8, 4) is 0 Å². The van der Waals surface area contributed by atoms with Gasteiger partial charge in [-0.25, -0.2) is 9.59 Å². The number of amides is 1. The van der Waals surface area contributed by atoms with Crippen molar-refractivity contribution >= 4 is 24.0 Å². The van der Waals surface area contributed by atoms with Crippen molar-refractivity contribution in [3.05, 3.63) is 29.3 Å². The Hall–Kier alpha value is -2.37. The van der Waals surface area contributed by atoms with Crippen molar-refractivity contribution in [2.45, 2.75) is 0 Å². The van der Waals surface area contributed by atoms with Gasteiger partial charge in [0.2, 0.25) is 6.41 Å². The van der Waals surface area contributed by atoms with Gasteiger partial charge in [-0.3, -0.25) is 4.79 Å². The zero-order valence-electron chi connectivity index (χ0n) is 7.43. The van der Waals surface area contributed by atoms with Crippen molar-refractivity contribution in [1.29, 1.82) is 0 Å². The van der Waals surface area contributed by atoms with E-state index in [0.29, 0.717) is 0 Å². The molecule has 0 spiro atoms. The second-order valence-electron chi connectivity index (χ2n) is 2.63. The summed E-state index contributed by atoms with van der Waals surface area (Å²) in [6.45, 7) is 0. The fourth-order valence-corrected chi connectivity index (χ4v) is 1.05. The summed E-state index contributed by atoms with van der Waals surface area (Å²) in [5, 5.41) is 19.5. The maximum absolute atomic E-state index is 10.7. The van der Waals surface area contributed by atoms with E-state index in [4.69, 9.17) is 10.2 Å². The third-order valence-corrected chi connectivity index (χ3v) is 1.71. The fraction of sp³-hybridized carbons (Fsp3) is 0. The molecule has 6 heteroatoms. The first-order valence-electron chi connectivity index (χ1n) is 3.87. The van der Waals surface area contributed by atoms with Gasteiger partial charge in [-0.15, -0.1) is 0 Å². The third kappa shape index (κ3) is 2.31. The largest absolute Gasteiger partial charge is 0.478 e. The van der Waals surface area contributed by atoms with Crippen molar-refractivity contribution in [3.63, 3.8) is 0 Å². The molecule has 1 rings (SSSR count). The Kier molecular flexibility index (Phi) is 3.02. The molecule has 1 aromatic carbocycles. The Labute approximate surface area is 84.1 Å². The maximum atomic E-state index is 10.7. The topological polar surface area (TPSA) is 104 Å². The second-order valence-corrected chi connectivity index (χ2v) is 2.63. The number of carboxylic acids is 2. The highest BCUT2D eigenvalue weighted by atomic mass is 16.4. The predicted octanol–water partition coefficient (Wildman–Crippen LogP) is 0.651. The quantitative estimate of drug-likeness (QED) is 0.631. The van der Waals surface area contributed by atoms with Gasteiger partial charge in [0.1, 0.15) is 0 Å². The maximum Gasteiger partial charge on any atom is 0.337 e. The van der Waals surface area contributed by atoms with E-state index in [1.54, 1.807) is 0 Å². The van der Waals surface area contributed by atoms with Gasteiger partial charge in [-0.1, -0.05) is 0 Å². The zero-order valence-corrected chi connectivity index (χ0v) is 7.43. The minimum Gasteiger partial charge on any atom is -0.478 e. The number of nitrogens with one attached hydrogen (secondary N) is 1. The molecule has 3 N–H and O–H groups in total. The fourth-order valence-electron chi connectivity index (χ4n) is 1.05. The molecule has 6 nitrogen and oxygen atoms in total. The summed E-state index contributed by atoms with van der Waals surface area (Å²) in [5.41, 5.74) is -0.297. The molecule has 0 aliphatic carbocycles. The average Bonchev–Trinajstić information content (AvgIpc) is 2.17. The minimum atomic E-state index is -1.24. The molecule has 1 aromatic rings. The molecule has 1 amide bonds. The summed E-state index contributed by atoms with van der Waals surface area (Å²) in [6, 6.07) is 3.36. The van der Waals surface area contributed by atoms with E-state index >= 15 is 0 Å². The molecule has 78 valence electrons. The molecule has 0 saturated heterocycles. The number of hydrogen-bond donors (Lipinski definition) is 3. The summed E-state index contributed by atoms with van der Waals surface area (Å²) in [7, 11) is 0. The van der Waals surface area contributed by atoms with Gasteiger partial charge in [0.05, 0.1) is 16.8 Å². The number of aromatic carboxylic acids is 2. The van der Waals surface area contributed by atoms with Crippen LogP contribution >= 0.6 is 0 Å². The lowest BCUT2D eigenvalue weighted by molar-refractivity contribution is -0.105. The molecule has 0 radical (unpaired) electrons. The van der Waals surface area contributed by atoms with Gasteiger partial charge < -0.3 is 15.5 Å². The third-order valence-electron chi connectivity index (χ3n) is 1.71. The van der Waals surface area contributed by atoms with Crippen molar-refractivity contribution in [2.24, 2.45) is 0 Å². The Morgan fingerprint density at radius 3 is 2.33 bits per heavy atom. The van der Waals surface area contributed by atoms with Crippen LogP contribution in [0, 0.1) is 0 Å². The van der Waals surface area contributed by atoms with E-state index in [0.717, 1.165) is 18.2 Å². The van der Waals surface area contributed by atoms with Crippen molar-refractivity contribution in [2.75, 3.05) is 5.32 Å². The van der Waals surface area contributed by atoms with E-state index in [1.165, 1.54) is 0 Å². The summed E-state index contributed by atoms with van der Waals surface area (Å²) >= 11 is 0. The first-order valence-corrected chi connectivity index (χ1v) is 3.87. The lowest BCUT2D eigenvalue weighted by Crippen LogP contribution is -2.07. The van der Waals surface area contributed by atoms with Gasteiger partial charge in [0.15, 0.2) is 0 Å². The van der Waals surface area contributed by atoms with Gasteiger partial charge in [0.25, 0.3) is 0 Å². The number of carbonyl (C=O) groups excluding carboxylic acids is 1. The van der Waals surface area contributed by atoms with E-state index in [2.05, 4.69) is 5.32 Å². The molecule has 0 bridgehead atoms. The standard InChI is InChI=1S/C9H7NO5/c11-4-10-7-3-5(8(12)13)1-2-6(7)9(14)15/h1-4H,(H,10,11)(H,12,13)(H,14,15). The molecule has 0 aliphatic rings. The number of rotatable bonds is 4. The molecular weight excluding hydrogens is 202 g/mol. The van der Waals surface area contributed by atoms with Gasteiger partial charge in [0, 0.05) is 0 Å². The molecule has 0 aromatic heterocycles. The number of carbonyl (C=O) groups is 3. The Balaban J connectivity index is 3.25. The van der Waals surface area contributed by atoms with Crippen LogP contribution in [0.3, 0.4) is 0 Å². The molecule has 0 fully saturated rings. The van der Waals surface area contributed by atoms with Crippen LogP contribution in [0.15, 0.2) is 18.2 Å². The highest BCUT2D eigenvalue weighted by Gasteiger charge is 2.12. The van der Waals surface area contributed by atoms with E-state index in [1.807, 2.05) is 0 Å². The molecule has 0 heterocycles. The summed E-state index contributed by atoms with van der Waals surface area (Å²) in [6.07, 6.45) is 0.285. The predicted molar refractivity (Wildman–Crippen MR) is 50.0 cm³/mol. The zero-order chi connectivity index (χ0) is 11.4. The first-order chi connectivity index (χ1) is 7.06. The van der Waals surface area contributed by atoms with E-state index < -0.39 is 11.9 Å². The number of carboxylic acid groups (broad SMARTS) is 2. The summed E-state index contributed by atoms with van der Waals surface area (Å²) < 4.78 is 0. The van der Waals surface area contributed by atoms with Crippen LogP contribution in [-0.2, 0) is 4.79 Å². The second kappa shape index (κ2) is 4.23. The Bertz CT molecular complexity index is 427. The minimum absolute atomic E-state index is 0.0441. The SMILES string of the molecule is O=CNc1cc(C(=O)O)ccc1C(=O)O. The van der Waals surface area contributed by atoms with Crippen LogP contribution in [0.2, 0.25) is 0 Å². The molecule has 0 unspecified atom stereocenters. The highest BCUT2D eigenvalue weighted by molar-refractivity contribution is 5.99. The van der Waals surface area contributed by atoms with Crippen LogP contribution in [0.4, 0.5) is 5.69 Å². The molecule has 0 aliphatic heterocycles. The lowest BCUT2D eigenvalue weighted by atomic mass is 10.1. The summed E-state index contributed by atoms with van der Waals surface area (Å²) in [4.78, 5) is 31.4. The van der Waals surface area contributed by atoms with Crippen LogP contribution in [0.5, 0.6) is 0 Å². The number of benzene rings is 1. The van der Waals surface area contributed by atoms with Gasteiger partial charge in [-0.2, -0.15) is 0 Å². The van der Waals surface area contributed by atoms with Gasteiger partial charge in [-0.05, 0) is 18.2 Å². The Morgan fingerprint density at radius 1 is 1.20 bits per heavy atom. The van der Waals surface area contributed by atoms with Crippen LogP contribution in [-0.4, -0.2) is 28.6 Å². The molecular formula is C9H7NO5. The van der Waals surface area contributed by atoms with E-state index in [9.17, 15) is 14.4 Å². The number of hydrogen-bond acceptors (Lipinski definition) is 3. The van der Waals surface area contributed by atoms with Crippen molar-refractivity contribution < 1.29 is 24.6 Å². The molecule has 15 heavy (non-hydrogen) atoms. The smallest absolute Gasteiger partial charge is 0.337 e.